The fourth-order valence-corrected chi connectivity index (χ4v) is 3.42. The van der Waals surface area contributed by atoms with E-state index in [1.165, 1.54) is 16.9 Å². The summed E-state index contributed by atoms with van der Waals surface area (Å²) < 4.78 is 2.10. The first-order valence-electron chi connectivity index (χ1n) is 6.46. The highest BCUT2D eigenvalue weighted by atomic mass is 32.1. The SMILES string of the molecule is CCc1ccc2c(c1)nc1sc(CNC(=O)O)c(C)n12. The Morgan fingerprint density at radius 2 is 2.30 bits per heavy atom. The minimum Gasteiger partial charge on any atom is -0.465 e. The zero-order valence-corrected chi connectivity index (χ0v) is 12.1. The number of hydrogen-bond acceptors (Lipinski definition) is 3. The molecule has 3 rings (SSSR count). The smallest absolute Gasteiger partial charge is 0.404 e. The Morgan fingerprint density at radius 3 is 3.00 bits per heavy atom. The molecule has 1 aromatic carbocycles. The van der Waals surface area contributed by atoms with Gasteiger partial charge in [0.05, 0.1) is 17.6 Å². The fraction of sp³-hybridized carbons (Fsp3) is 0.286. The number of hydrogen-bond donors (Lipinski definition) is 2. The largest absolute Gasteiger partial charge is 0.465 e. The highest BCUT2D eigenvalue weighted by molar-refractivity contribution is 7.17. The normalized spacial score (nSPS) is 11.3. The molecule has 0 saturated heterocycles. The van der Waals surface area contributed by atoms with Crippen LogP contribution in [0.15, 0.2) is 18.2 Å². The molecule has 1 amide bonds. The molecule has 2 aromatic heterocycles. The van der Waals surface area contributed by atoms with Crippen molar-refractivity contribution >= 4 is 33.4 Å². The Morgan fingerprint density at radius 1 is 1.50 bits per heavy atom. The maximum atomic E-state index is 10.6. The van der Waals surface area contributed by atoms with Crippen LogP contribution in [0.25, 0.3) is 16.0 Å². The number of fused-ring (bicyclic) bond motifs is 3. The fourth-order valence-electron chi connectivity index (χ4n) is 2.34. The monoisotopic (exact) mass is 289 g/mol. The van der Waals surface area contributed by atoms with Crippen LogP contribution in [0.1, 0.15) is 23.1 Å². The molecule has 0 aliphatic heterocycles. The molecule has 3 aromatic rings. The molecule has 0 saturated carbocycles. The zero-order valence-electron chi connectivity index (χ0n) is 11.3. The average Bonchev–Trinajstić information content (AvgIpc) is 2.92. The molecule has 0 atom stereocenters. The van der Waals surface area contributed by atoms with Crippen molar-refractivity contribution in [3.8, 4) is 0 Å². The minimum absolute atomic E-state index is 0.323. The molecule has 0 spiro atoms. The molecule has 0 aliphatic carbocycles. The number of carbonyl (C=O) groups is 1. The number of thiazole rings is 1. The molecule has 104 valence electrons. The minimum atomic E-state index is -1.01. The van der Waals surface area contributed by atoms with E-state index < -0.39 is 6.09 Å². The topological polar surface area (TPSA) is 66.6 Å². The Hall–Kier alpha value is -2.08. The van der Waals surface area contributed by atoms with Crippen LogP contribution in [0.5, 0.6) is 0 Å². The van der Waals surface area contributed by atoms with E-state index in [1.807, 2.05) is 6.92 Å². The van der Waals surface area contributed by atoms with E-state index in [1.54, 1.807) is 0 Å². The van der Waals surface area contributed by atoms with Gasteiger partial charge in [0.1, 0.15) is 0 Å². The summed E-state index contributed by atoms with van der Waals surface area (Å²) in [5.74, 6) is 0. The predicted octanol–water partition coefficient (Wildman–Crippen LogP) is 3.19. The van der Waals surface area contributed by atoms with Gasteiger partial charge in [0.25, 0.3) is 0 Å². The second-order valence-electron chi connectivity index (χ2n) is 4.68. The molecule has 0 aliphatic rings. The quantitative estimate of drug-likeness (QED) is 0.778. The number of amides is 1. The lowest BCUT2D eigenvalue weighted by molar-refractivity contribution is 0.194. The number of rotatable bonds is 3. The highest BCUT2D eigenvalue weighted by Crippen LogP contribution is 2.28. The molecule has 6 heteroatoms. The van der Waals surface area contributed by atoms with Crippen LogP contribution in [-0.2, 0) is 13.0 Å². The Balaban J connectivity index is 2.11. The van der Waals surface area contributed by atoms with Crippen molar-refractivity contribution in [2.75, 3.05) is 0 Å². The summed E-state index contributed by atoms with van der Waals surface area (Å²) in [7, 11) is 0. The van der Waals surface area contributed by atoms with Gasteiger partial charge in [0.15, 0.2) is 4.96 Å². The van der Waals surface area contributed by atoms with E-state index >= 15 is 0 Å². The van der Waals surface area contributed by atoms with Gasteiger partial charge in [-0.15, -0.1) is 0 Å². The first-order valence-corrected chi connectivity index (χ1v) is 7.28. The summed E-state index contributed by atoms with van der Waals surface area (Å²) in [6, 6.07) is 6.31. The molecule has 20 heavy (non-hydrogen) atoms. The number of nitrogens with zero attached hydrogens (tertiary/aromatic N) is 2. The van der Waals surface area contributed by atoms with E-state index in [2.05, 4.69) is 39.8 Å². The Bertz CT molecular complexity index is 804. The molecule has 2 heterocycles. The second-order valence-corrected chi connectivity index (χ2v) is 5.74. The number of aryl methyl sites for hydroxylation is 2. The Kier molecular flexibility index (Phi) is 3.10. The van der Waals surface area contributed by atoms with Crippen LogP contribution in [0.2, 0.25) is 0 Å². The van der Waals surface area contributed by atoms with E-state index in [4.69, 9.17) is 5.11 Å². The number of imidazole rings is 1. The highest BCUT2D eigenvalue weighted by Gasteiger charge is 2.14. The number of benzene rings is 1. The maximum absolute atomic E-state index is 10.6. The summed E-state index contributed by atoms with van der Waals surface area (Å²) >= 11 is 1.53. The number of nitrogens with one attached hydrogen (secondary N) is 1. The average molecular weight is 289 g/mol. The van der Waals surface area contributed by atoms with Crippen LogP contribution < -0.4 is 5.32 Å². The standard InChI is InChI=1S/C14H15N3O2S/c1-3-9-4-5-11-10(6-9)16-13-17(11)8(2)12(20-13)7-15-14(18)19/h4-6,15H,3,7H2,1-2H3,(H,18,19). The third kappa shape index (κ3) is 2.02. The van der Waals surface area contributed by atoms with Crippen molar-refractivity contribution in [2.24, 2.45) is 0 Å². The third-order valence-corrected chi connectivity index (χ3v) is 4.59. The number of carboxylic acid groups (broad SMARTS) is 1. The zero-order chi connectivity index (χ0) is 14.3. The first kappa shape index (κ1) is 12.9. The molecule has 2 N–H and O–H groups in total. The van der Waals surface area contributed by atoms with E-state index in [0.717, 1.165) is 33.0 Å². The van der Waals surface area contributed by atoms with E-state index in [0.29, 0.717) is 6.54 Å². The van der Waals surface area contributed by atoms with Gasteiger partial charge in [-0.05, 0) is 31.0 Å². The van der Waals surface area contributed by atoms with E-state index in [-0.39, 0.29) is 0 Å². The maximum Gasteiger partial charge on any atom is 0.404 e. The van der Waals surface area contributed by atoms with Gasteiger partial charge >= 0.3 is 6.09 Å². The lowest BCUT2D eigenvalue weighted by Crippen LogP contribution is -2.19. The van der Waals surface area contributed by atoms with Gasteiger partial charge in [-0.2, -0.15) is 0 Å². The van der Waals surface area contributed by atoms with Crippen molar-refractivity contribution in [3.05, 3.63) is 34.3 Å². The second kappa shape index (κ2) is 4.79. The van der Waals surface area contributed by atoms with Gasteiger partial charge in [0.2, 0.25) is 0 Å². The Labute approximate surface area is 119 Å². The van der Waals surface area contributed by atoms with Crippen molar-refractivity contribution < 1.29 is 9.90 Å². The van der Waals surface area contributed by atoms with Gasteiger partial charge in [0, 0.05) is 10.6 Å². The third-order valence-electron chi connectivity index (χ3n) is 3.45. The van der Waals surface area contributed by atoms with Crippen LogP contribution in [0.4, 0.5) is 4.79 Å². The molecular weight excluding hydrogens is 274 g/mol. The first-order chi connectivity index (χ1) is 9.60. The number of aromatic nitrogens is 2. The van der Waals surface area contributed by atoms with Crippen LogP contribution >= 0.6 is 11.3 Å². The predicted molar refractivity (Wildman–Crippen MR) is 79.6 cm³/mol. The van der Waals surface area contributed by atoms with Crippen molar-refractivity contribution in [2.45, 2.75) is 26.8 Å². The van der Waals surface area contributed by atoms with Gasteiger partial charge in [-0.1, -0.05) is 24.3 Å². The summed E-state index contributed by atoms with van der Waals surface area (Å²) in [4.78, 5) is 17.1. The van der Waals surface area contributed by atoms with Crippen LogP contribution in [-0.4, -0.2) is 20.6 Å². The summed E-state index contributed by atoms with van der Waals surface area (Å²) in [6.45, 7) is 4.45. The molecule has 0 bridgehead atoms. The van der Waals surface area contributed by atoms with Crippen molar-refractivity contribution in [3.63, 3.8) is 0 Å². The molecule has 0 fully saturated rings. The summed E-state index contributed by atoms with van der Waals surface area (Å²) in [5, 5.41) is 11.1. The lowest BCUT2D eigenvalue weighted by atomic mass is 10.1. The molecule has 0 radical (unpaired) electrons. The molecule has 5 nitrogen and oxygen atoms in total. The summed E-state index contributed by atoms with van der Waals surface area (Å²) in [6.07, 6.45) is -0.0127. The lowest BCUT2D eigenvalue weighted by Gasteiger charge is -2.01. The van der Waals surface area contributed by atoms with Gasteiger partial charge < -0.3 is 10.4 Å². The van der Waals surface area contributed by atoms with Crippen molar-refractivity contribution in [1.82, 2.24) is 14.7 Å². The van der Waals surface area contributed by atoms with Crippen LogP contribution in [0, 0.1) is 6.92 Å². The van der Waals surface area contributed by atoms with Gasteiger partial charge in [-0.3, -0.25) is 4.40 Å². The van der Waals surface area contributed by atoms with Crippen LogP contribution in [0.3, 0.4) is 0 Å². The molecular formula is C14H15N3O2S. The van der Waals surface area contributed by atoms with E-state index in [9.17, 15) is 4.79 Å². The van der Waals surface area contributed by atoms with Crippen molar-refractivity contribution in [1.29, 1.82) is 0 Å². The summed E-state index contributed by atoms with van der Waals surface area (Å²) in [5.41, 5.74) is 4.39. The van der Waals surface area contributed by atoms with Gasteiger partial charge in [-0.25, -0.2) is 9.78 Å². The molecule has 0 unspecified atom stereocenters.